The predicted octanol–water partition coefficient (Wildman–Crippen LogP) is 2.80. The maximum atomic E-state index is 13.5. The summed E-state index contributed by atoms with van der Waals surface area (Å²) in [5, 5.41) is 0. The van der Waals surface area contributed by atoms with Crippen molar-refractivity contribution in [3.63, 3.8) is 0 Å². The molecule has 1 amide bonds. The van der Waals surface area contributed by atoms with E-state index in [-0.39, 0.29) is 18.6 Å². The lowest BCUT2D eigenvalue weighted by molar-refractivity contribution is -0.139. The molecule has 0 spiro atoms. The number of alkyl halides is 3. The van der Waals surface area contributed by atoms with Crippen LogP contribution >= 0.6 is 0 Å². The second-order valence-corrected chi connectivity index (χ2v) is 8.44. The molecule has 0 saturated carbocycles. The molecule has 2 aromatic heterocycles. The van der Waals surface area contributed by atoms with E-state index in [1.54, 1.807) is 22.1 Å². The maximum absolute atomic E-state index is 13.5. The van der Waals surface area contributed by atoms with E-state index in [9.17, 15) is 18.0 Å². The number of halogens is 3. The lowest BCUT2D eigenvalue weighted by atomic mass is 10.1. The first-order valence-corrected chi connectivity index (χ1v) is 11.2. The molecule has 0 bridgehead atoms. The van der Waals surface area contributed by atoms with Gasteiger partial charge in [0.25, 0.3) is 5.91 Å². The standard InChI is InChI=1S/C23H23F3N6O3/c1-34-21-17(23(24,25)26)9-14(10-28-21)31-8-5-18-16(12-31)20(30-13-29-18)35-15-4-7-32(11-15)22(33)19-3-2-6-27-19/h3,6,9-10,13,15H,2,4-5,7-8,11-12H2,1H3/t15-/m0/s1. The molecule has 5 heterocycles. The molecular weight excluding hydrogens is 465 g/mol. The molecule has 0 aliphatic carbocycles. The Bertz CT molecular complexity index is 1200. The number of pyridine rings is 1. The molecule has 5 rings (SSSR count). The summed E-state index contributed by atoms with van der Waals surface area (Å²) in [5.41, 5.74) is 1.35. The van der Waals surface area contributed by atoms with Crippen molar-refractivity contribution in [2.45, 2.75) is 38.1 Å². The van der Waals surface area contributed by atoms with E-state index >= 15 is 0 Å². The topological polar surface area (TPSA) is 93.0 Å². The van der Waals surface area contributed by atoms with Crippen LogP contribution in [-0.4, -0.2) is 64.8 Å². The van der Waals surface area contributed by atoms with Gasteiger partial charge < -0.3 is 19.3 Å². The number of aliphatic imine (C=N–C) groups is 1. The van der Waals surface area contributed by atoms with Crippen molar-refractivity contribution >= 4 is 17.8 Å². The Balaban J connectivity index is 1.32. The van der Waals surface area contributed by atoms with Crippen molar-refractivity contribution in [2.75, 3.05) is 31.6 Å². The molecule has 1 saturated heterocycles. The molecule has 184 valence electrons. The van der Waals surface area contributed by atoms with Gasteiger partial charge in [-0.15, -0.1) is 0 Å². The first kappa shape index (κ1) is 23.1. The van der Waals surface area contributed by atoms with E-state index in [2.05, 4.69) is 19.9 Å². The zero-order chi connectivity index (χ0) is 24.6. The Hall–Kier alpha value is -3.70. The number of hydrogen-bond acceptors (Lipinski definition) is 8. The highest BCUT2D eigenvalue weighted by Gasteiger charge is 2.37. The molecule has 0 N–H and O–H groups in total. The van der Waals surface area contributed by atoms with Gasteiger partial charge in [0.05, 0.1) is 43.3 Å². The summed E-state index contributed by atoms with van der Waals surface area (Å²) in [6.07, 6.45) is 3.26. The van der Waals surface area contributed by atoms with Crippen LogP contribution in [0.4, 0.5) is 18.9 Å². The Morgan fingerprint density at radius 3 is 2.77 bits per heavy atom. The molecule has 9 nitrogen and oxygen atoms in total. The van der Waals surface area contributed by atoms with Crippen LogP contribution in [0, 0.1) is 0 Å². The summed E-state index contributed by atoms with van der Waals surface area (Å²) in [6, 6.07) is 1.04. The third-order valence-electron chi connectivity index (χ3n) is 6.24. The number of likely N-dealkylation sites (tertiary alicyclic amines) is 1. The number of carbonyl (C=O) groups is 1. The van der Waals surface area contributed by atoms with E-state index in [0.29, 0.717) is 56.2 Å². The monoisotopic (exact) mass is 488 g/mol. The first-order valence-electron chi connectivity index (χ1n) is 11.2. The third-order valence-corrected chi connectivity index (χ3v) is 6.24. The van der Waals surface area contributed by atoms with E-state index in [1.807, 2.05) is 0 Å². The van der Waals surface area contributed by atoms with E-state index in [0.717, 1.165) is 24.4 Å². The second kappa shape index (κ2) is 9.16. The number of nitrogens with zero attached hydrogens (tertiary/aromatic N) is 6. The van der Waals surface area contributed by atoms with Gasteiger partial charge in [0, 0.05) is 38.6 Å². The SMILES string of the molecule is COc1ncc(N2CCc3ncnc(O[C@H]4CCN(C(=O)C5=CCC=N5)C4)c3C2)cc1C(F)(F)F. The summed E-state index contributed by atoms with van der Waals surface area (Å²) >= 11 is 0. The Kier molecular flexibility index (Phi) is 6.03. The second-order valence-electron chi connectivity index (χ2n) is 8.44. The molecule has 0 radical (unpaired) electrons. The van der Waals surface area contributed by atoms with Gasteiger partial charge in [0.1, 0.15) is 23.7 Å². The Morgan fingerprint density at radius 1 is 1.17 bits per heavy atom. The fraction of sp³-hybridized carbons (Fsp3) is 0.435. The largest absolute Gasteiger partial charge is 0.481 e. The number of rotatable bonds is 5. The zero-order valence-corrected chi connectivity index (χ0v) is 19.0. The number of anilines is 1. The number of fused-ring (bicyclic) bond motifs is 1. The van der Waals surface area contributed by atoms with Crippen LogP contribution in [0.5, 0.6) is 11.8 Å². The normalized spacial score (nSPS) is 19.5. The number of methoxy groups -OCH3 is 1. The highest BCUT2D eigenvalue weighted by Crippen LogP contribution is 2.38. The summed E-state index contributed by atoms with van der Waals surface area (Å²) in [4.78, 5) is 32.7. The molecule has 3 aliphatic heterocycles. The number of hydrogen-bond donors (Lipinski definition) is 0. The average molecular weight is 488 g/mol. The number of carbonyl (C=O) groups excluding carboxylic acids is 1. The van der Waals surface area contributed by atoms with Gasteiger partial charge in [-0.05, 0) is 12.1 Å². The molecule has 12 heteroatoms. The van der Waals surface area contributed by atoms with Crippen LogP contribution in [0.1, 0.15) is 29.7 Å². The molecule has 0 unspecified atom stereocenters. The van der Waals surface area contributed by atoms with Crippen molar-refractivity contribution in [1.82, 2.24) is 19.9 Å². The maximum Gasteiger partial charge on any atom is 0.421 e. The Morgan fingerprint density at radius 2 is 2.03 bits per heavy atom. The van der Waals surface area contributed by atoms with Crippen LogP contribution in [0.25, 0.3) is 0 Å². The third kappa shape index (κ3) is 4.64. The fourth-order valence-electron chi connectivity index (χ4n) is 4.46. The van der Waals surface area contributed by atoms with Gasteiger partial charge in [-0.25, -0.2) is 15.0 Å². The lowest BCUT2D eigenvalue weighted by Crippen LogP contribution is -2.33. The quantitative estimate of drug-likeness (QED) is 0.639. The summed E-state index contributed by atoms with van der Waals surface area (Å²) in [6.45, 7) is 1.70. The van der Waals surface area contributed by atoms with Crippen molar-refractivity contribution in [3.05, 3.63) is 47.2 Å². The lowest BCUT2D eigenvalue weighted by Gasteiger charge is -2.31. The van der Waals surface area contributed by atoms with Gasteiger partial charge in [-0.1, -0.05) is 0 Å². The van der Waals surface area contributed by atoms with Crippen LogP contribution in [0.2, 0.25) is 0 Å². The smallest absolute Gasteiger partial charge is 0.421 e. The van der Waals surface area contributed by atoms with Gasteiger partial charge in [0.2, 0.25) is 11.8 Å². The van der Waals surface area contributed by atoms with Gasteiger partial charge >= 0.3 is 6.18 Å². The zero-order valence-electron chi connectivity index (χ0n) is 19.0. The number of allylic oxidation sites excluding steroid dienone is 1. The van der Waals surface area contributed by atoms with E-state index in [1.165, 1.54) is 12.5 Å². The van der Waals surface area contributed by atoms with Crippen molar-refractivity contribution < 1.29 is 27.4 Å². The summed E-state index contributed by atoms with van der Waals surface area (Å²) in [5.74, 6) is -0.201. The molecule has 35 heavy (non-hydrogen) atoms. The Labute approximate surface area is 199 Å². The fourth-order valence-corrected chi connectivity index (χ4v) is 4.46. The van der Waals surface area contributed by atoms with Crippen LogP contribution in [0.3, 0.4) is 0 Å². The molecule has 2 aromatic rings. The minimum absolute atomic E-state index is 0.117. The van der Waals surface area contributed by atoms with Crippen LogP contribution < -0.4 is 14.4 Å². The van der Waals surface area contributed by atoms with Gasteiger partial charge in [-0.3, -0.25) is 9.79 Å². The van der Waals surface area contributed by atoms with Crippen molar-refractivity contribution in [1.29, 1.82) is 0 Å². The molecule has 1 fully saturated rings. The minimum Gasteiger partial charge on any atom is -0.481 e. The summed E-state index contributed by atoms with van der Waals surface area (Å²) < 4.78 is 51.4. The van der Waals surface area contributed by atoms with Crippen molar-refractivity contribution in [2.24, 2.45) is 4.99 Å². The number of amides is 1. The van der Waals surface area contributed by atoms with Crippen LogP contribution in [-0.2, 0) is 23.9 Å². The minimum atomic E-state index is -4.59. The number of aromatic nitrogens is 3. The van der Waals surface area contributed by atoms with Crippen LogP contribution in [0.15, 0.2) is 35.4 Å². The van der Waals surface area contributed by atoms with Gasteiger partial charge in [-0.2, -0.15) is 13.2 Å². The highest BCUT2D eigenvalue weighted by atomic mass is 19.4. The molecule has 0 aromatic carbocycles. The van der Waals surface area contributed by atoms with E-state index < -0.39 is 17.6 Å². The molecule has 3 aliphatic rings. The molecular formula is C23H23F3N6O3. The number of ether oxygens (including phenoxy) is 2. The van der Waals surface area contributed by atoms with E-state index in [4.69, 9.17) is 9.47 Å². The predicted molar refractivity (Wildman–Crippen MR) is 119 cm³/mol. The molecule has 1 atom stereocenters. The van der Waals surface area contributed by atoms with Gasteiger partial charge in [0.15, 0.2) is 0 Å². The first-order chi connectivity index (χ1) is 16.8. The highest BCUT2D eigenvalue weighted by molar-refractivity contribution is 5.96. The summed E-state index contributed by atoms with van der Waals surface area (Å²) in [7, 11) is 1.16. The average Bonchev–Trinajstić information content (AvgIpc) is 3.55. The van der Waals surface area contributed by atoms with Crippen molar-refractivity contribution in [3.8, 4) is 11.8 Å².